The monoisotopic (exact) mass is 921 g/mol. The van der Waals surface area contributed by atoms with Gasteiger partial charge in [0.2, 0.25) is 0 Å². The number of ketones is 1. The van der Waals surface area contributed by atoms with Crippen LogP contribution >= 0.6 is 0 Å². The molecule has 18 atom stereocenters. The van der Waals surface area contributed by atoms with E-state index in [1.165, 1.54) is 7.11 Å². The van der Waals surface area contributed by atoms with Crippen LogP contribution in [0.25, 0.3) is 10.9 Å². The van der Waals surface area contributed by atoms with Gasteiger partial charge < -0.3 is 53.0 Å². The van der Waals surface area contributed by atoms with Crippen molar-refractivity contribution in [3.8, 4) is 11.8 Å². The molecule has 0 saturated carbocycles. The van der Waals surface area contributed by atoms with Crippen LogP contribution in [0, 0.1) is 41.4 Å². The van der Waals surface area contributed by atoms with Gasteiger partial charge in [-0.3, -0.25) is 14.6 Å². The Kier molecular flexibility index (Phi) is 16.7. The van der Waals surface area contributed by atoms with Crippen LogP contribution in [0.1, 0.15) is 100 Å². The van der Waals surface area contributed by atoms with E-state index in [1.54, 1.807) is 27.0 Å². The standard InChI is InChI=1S/C52H76N2O12/c1-15-40-52(11)42(30(3)28-61-52)32(5)43(55)29(2)26-51(10,60-23-17-18-36-20-21-38-37(25-36)19-16-22-53-38)47(66-49-44(56)39(54(12)13)24-31(4)62-49)33(6)45(34(7)48(58)64-40)65-41-27-50(9,59-14)46(57)35(8)63-41/h16,19-22,25,29,31-35,39-42,44-47,49,56-57H,3,15,23-24,26-28H2,1-2,4-14H3/t29-,31-,32?,33+,34-,35+,39+,40-,41?,42+,44-,45+,46+,47-,49+,50-,51-,52-/m1/s1. The molecule has 4 aliphatic rings. The second-order valence-electron chi connectivity index (χ2n) is 20.4. The number of Topliss-reactive ketones (excluding diaryl/α,β-unsaturated/α-hetero) is 1. The molecule has 5 heterocycles. The van der Waals surface area contributed by atoms with Crippen molar-refractivity contribution in [1.82, 2.24) is 9.88 Å². The molecule has 2 aromatic rings. The number of benzene rings is 1. The van der Waals surface area contributed by atoms with Crippen molar-refractivity contribution in [2.75, 3.05) is 34.4 Å². The predicted molar refractivity (Wildman–Crippen MR) is 249 cm³/mol. The summed E-state index contributed by atoms with van der Waals surface area (Å²) in [6, 6.07) is 9.37. The maximum atomic E-state index is 15.0. The number of pyridine rings is 1. The molecule has 366 valence electrons. The zero-order valence-electron chi connectivity index (χ0n) is 41.4. The third kappa shape index (κ3) is 10.8. The number of ether oxygens (including phenoxy) is 8. The molecule has 4 fully saturated rings. The quantitative estimate of drug-likeness (QED) is 0.165. The van der Waals surface area contributed by atoms with Crippen molar-refractivity contribution < 1.29 is 57.7 Å². The van der Waals surface area contributed by atoms with Crippen molar-refractivity contribution in [1.29, 1.82) is 0 Å². The molecular weight excluding hydrogens is 845 g/mol. The minimum atomic E-state index is -1.33. The lowest BCUT2D eigenvalue weighted by atomic mass is 9.69. The average Bonchev–Trinajstić information content (AvgIpc) is 3.59. The minimum Gasteiger partial charge on any atom is -0.459 e. The largest absolute Gasteiger partial charge is 0.459 e. The van der Waals surface area contributed by atoms with E-state index in [-0.39, 0.29) is 44.0 Å². The highest BCUT2D eigenvalue weighted by atomic mass is 16.7. The number of cyclic esters (lactones) is 1. The van der Waals surface area contributed by atoms with Gasteiger partial charge in [-0.05, 0) is 105 Å². The zero-order chi connectivity index (χ0) is 48.5. The summed E-state index contributed by atoms with van der Waals surface area (Å²) in [6.07, 6.45) is -4.76. The molecule has 66 heavy (non-hydrogen) atoms. The topological polar surface area (TPSA) is 165 Å². The molecule has 4 saturated heterocycles. The summed E-state index contributed by atoms with van der Waals surface area (Å²) < 4.78 is 52.7. The van der Waals surface area contributed by atoms with Gasteiger partial charge >= 0.3 is 5.97 Å². The van der Waals surface area contributed by atoms with Crippen LogP contribution in [0.3, 0.4) is 0 Å². The molecule has 14 nitrogen and oxygen atoms in total. The van der Waals surface area contributed by atoms with Gasteiger partial charge in [-0.2, -0.15) is 0 Å². The maximum absolute atomic E-state index is 15.0. The predicted octanol–water partition coefficient (Wildman–Crippen LogP) is 6.26. The molecular formula is C52H76N2O12. The number of likely N-dealkylation sites (N-methyl/N-ethyl adjacent to an activating group) is 1. The number of esters is 1. The Morgan fingerprint density at radius 2 is 1.70 bits per heavy atom. The molecule has 0 spiro atoms. The second-order valence-corrected chi connectivity index (χ2v) is 20.4. The Morgan fingerprint density at radius 1 is 0.970 bits per heavy atom. The molecule has 2 unspecified atom stereocenters. The van der Waals surface area contributed by atoms with Gasteiger partial charge in [-0.1, -0.05) is 52.2 Å². The number of aromatic nitrogens is 1. The van der Waals surface area contributed by atoms with Crippen LogP contribution in [-0.2, 0) is 47.5 Å². The number of aliphatic hydroxyl groups is 2. The number of hydrogen-bond acceptors (Lipinski definition) is 14. The fraction of sp³-hybridized carbons (Fsp3) is 0.712. The Morgan fingerprint density at radius 3 is 2.38 bits per heavy atom. The molecule has 0 aliphatic carbocycles. The van der Waals surface area contributed by atoms with E-state index in [1.807, 2.05) is 97.8 Å². The van der Waals surface area contributed by atoms with Crippen LogP contribution < -0.4 is 0 Å². The number of hydrogen-bond donors (Lipinski definition) is 2. The fourth-order valence-electron chi connectivity index (χ4n) is 11.3. The summed E-state index contributed by atoms with van der Waals surface area (Å²) in [5.74, 6) is 2.58. The molecule has 4 aliphatic heterocycles. The smallest absolute Gasteiger partial charge is 0.311 e. The van der Waals surface area contributed by atoms with E-state index in [2.05, 4.69) is 23.4 Å². The molecule has 2 N–H and O–H groups in total. The molecule has 0 radical (unpaired) electrons. The number of aliphatic hydroxyl groups excluding tert-OH is 2. The lowest BCUT2D eigenvalue weighted by Crippen LogP contribution is -2.61. The first-order valence-corrected chi connectivity index (χ1v) is 23.8. The highest BCUT2D eigenvalue weighted by Gasteiger charge is 2.57. The third-order valence-corrected chi connectivity index (χ3v) is 15.2. The van der Waals surface area contributed by atoms with Gasteiger partial charge in [-0.15, -0.1) is 0 Å². The van der Waals surface area contributed by atoms with Crippen LogP contribution in [0.15, 0.2) is 48.7 Å². The zero-order valence-corrected chi connectivity index (χ0v) is 41.4. The first-order chi connectivity index (χ1) is 31.1. The Bertz CT molecular complexity index is 2090. The summed E-state index contributed by atoms with van der Waals surface area (Å²) in [6.45, 7) is 23.2. The van der Waals surface area contributed by atoms with E-state index in [4.69, 9.17) is 37.9 Å². The summed E-state index contributed by atoms with van der Waals surface area (Å²) in [5.41, 5.74) is -1.02. The Hall–Kier alpha value is -3.33. The third-order valence-electron chi connectivity index (χ3n) is 15.2. The number of nitrogens with zero attached hydrogens (tertiary/aromatic N) is 2. The number of fused-ring (bicyclic) bond motifs is 2. The van der Waals surface area contributed by atoms with E-state index in [0.717, 1.165) is 22.0 Å². The van der Waals surface area contributed by atoms with Gasteiger partial charge in [0, 0.05) is 60.4 Å². The van der Waals surface area contributed by atoms with Gasteiger partial charge in [0.05, 0.1) is 53.7 Å². The van der Waals surface area contributed by atoms with Gasteiger partial charge in [-0.25, -0.2) is 0 Å². The van der Waals surface area contributed by atoms with Gasteiger partial charge in [0.15, 0.2) is 12.6 Å². The van der Waals surface area contributed by atoms with Crippen LogP contribution in [-0.4, -0.2) is 144 Å². The fourth-order valence-corrected chi connectivity index (χ4v) is 11.3. The molecule has 6 rings (SSSR count). The van der Waals surface area contributed by atoms with Gasteiger partial charge in [0.1, 0.15) is 36.3 Å². The minimum absolute atomic E-state index is 0.0355. The molecule has 14 heteroatoms. The van der Waals surface area contributed by atoms with Crippen molar-refractivity contribution >= 4 is 22.7 Å². The number of carbonyl (C=O) groups is 2. The molecule has 0 amide bonds. The molecule has 0 bridgehead atoms. The highest BCUT2D eigenvalue weighted by molar-refractivity contribution is 5.84. The van der Waals surface area contributed by atoms with Crippen molar-refractivity contribution in [2.45, 2.75) is 173 Å². The van der Waals surface area contributed by atoms with E-state index in [0.29, 0.717) is 12.8 Å². The Labute approximate surface area is 392 Å². The summed E-state index contributed by atoms with van der Waals surface area (Å²) in [7, 11) is 5.35. The van der Waals surface area contributed by atoms with Crippen molar-refractivity contribution in [3.05, 3.63) is 54.2 Å². The normalized spacial score (nSPS) is 41.8. The average molecular weight is 921 g/mol. The maximum Gasteiger partial charge on any atom is 0.311 e. The number of rotatable bonds is 9. The van der Waals surface area contributed by atoms with E-state index < -0.39 is 102 Å². The van der Waals surface area contributed by atoms with Crippen molar-refractivity contribution in [2.24, 2.45) is 29.6 Å². The van der Waals surface area contributed by atoms with Crippen LogP contribution in [0.4, 0.5) is 0 Å². The lowest BCUT2D eigenvalue weighted by Gasteiger charge is -2.50. The molecule has 1 aromatic carbocycles. The highest BCUT2D eigenvalue weighted by Crippen LogP contribution is 2.47. The second kappa shape index (κ2) is 21.1. The van der Waals surface area contributed by atoms with Gasteiger partial charge in [0.25, 0.3) is 0 Å². The van der Waals surface area contributed by atoms with Crippen molar-refractivity contribution in [3.63, 3.8) is 0 Å². The first-order valence-electron chi connectivity index (χ1n) is 23.8. The van der Waals surface area contributed by atoms with E-state index in [9.17, 15) is 19.8 Å². The number of methoxy groups -OCH3 is 1. The van der Waals surface area contributed by atoms with Crippen LogP contribution in [0.5, 0.6) is 0 Å². The first kappa shape index (κ1) is 52.0. The summed E-state index contributed by atoms with van der Waals surface area (Å²) in [4.78, 5) is 36.2. The van der Waals surface area contributed by atoms with Crippen LogP contribution in [0.2, 0.25) is 0 Å². The Balaban J connectivity index is 1.49. The number of carbonyl (C=O) groups excluding carboxylic acids is 2. The lowest BCUT2D eigenvalue weighted by molar-refractivity contribution is -0.320. The van der Waals surface area contributed by atoms with E-state index >= 15 is 0 Å². The summed E-state index contributed by atoms with van der Waals surface area (Å²) >= 11 is 0. The molecule has 1 aromatic heterocycles. The summed E-state index contributed by atoms with van der Waals surface area (Å²) in [5, 5.41) is 24.1. The SMILES string of the molecule is C=C1CO[C@]2(C)[C@@H](CC)OC(=O)[C@H](C)[C@@H](OC3C[C@@](C)(OC)[C@@H](O)[C@H](C)O3)[C@H](C)[C@@H](O[C@@H]3O[C@H](C)C[C@H](N(C)C)[C@H]3O)[C@](C)(OCC#Cc3ccc4ncccc4c3)C[C@@H](C)C(=O)C(C)[C@H]12.